The highest BCUT2D eigenvalue weighted by Crippen LogP contribution is 2.21. The van der Waals surface area contributed by atoms with Gasteiger partial charge < -0.3 is 10.5 Å². The molecule has 0 aromatic carbocycles. The van der Waals surface area contributed by atoms with Crippen molar-refractivity contribution in [1.82, 2.24) is 4.90 Å². The third kappa shape index (κ3) is 4.82. The molecule has 0 bridgehead atoms. The SMILES string of the molecule is CCOC(=O)C(C)N1CCC(C(C)N)CC1.Cl. The van der Waals surface area contributed by atoms with Gasteiger partial charge >= 0.3 is 5.97 Å². The summed E-state index contributed by atoms with van der Waals surface area (Å²) in [6, 6.07) is 0.147. The molecular weight excluding hydrogens is 240 g/mol. The zero-order chi connectivity index (χ0) is 12.1. The van der Waals surface area contributed by atoms with Crippen molar-refractivity contribution in [2.75, 3.05) is 19.7 Å². The van der Waals surface area contributed by atoms with Gasteiger partial charge in [0.25, 0.3) is 0 Å². The molecule has 0 aliphatic carbocycles. The van der Waals surface area contributed by atoms with Crippen LogP contribution in [0.15, 0.2) is 0 Å². The first-order valence-electron chi connectivity index (χ1n) is 6.22. The van der Waals surface area contributed by atoms with E-state index in [1.54, 1.807) is 0 Å². The number of carbonyl (C=O) groups excluding carboxylic acids is 1. The van der Waals surface area contributed by atoms with Crippen molar-refractivity contribution in [2.24, 2.45) is 11.7 Å². The van der Waals surface area contributed by atoms with E-state index < -0.39 is 0 Å². The number of ether oxygens (including phenoxy) is 1. The highest BCUT2D eigenvalue weighted by Gasteiger charge is 2.28. The van der Waals surface area contributed by atoms with E-state index in [0.29, 0.717) is 12.5 Å². The number of carbonyl (C=O) groups is 1. The highest BCUT2D eigenvalue weighted by atomic mass is 35.5. The summed E-state index contributed by atoms with van der Waals surface area (Å²) in [4.78, 5) is 13.8. The molecule has 2 N–H and O–H groups in total. The van der Waals surface area contributed by atoms with Crippen LogP contribution < -0.4 is 5.73 Å². The average Bonchev–Trinajstić information content (AvgIpc) is 2.28. The largest absolute Gasteiger partial charge is 0.465 e. The van der Waals surface area contributed by atoms with Gasteiger partial charge in [0.15, 0.2) is 0 Å². The second-order valence-electron chi connectivity index (χ2n) is 4.66. The molecule has 1 aliphatic rings. The summed E-state index contributed by atoms with van der Waals surface area (Å²) in [5.41, 5.74) is 5.89. The first kappa shape index (κ1) is 16.7. The summed E-state index contributed by atoms with van der Waals surface area (Å²) in [5.74, 6) is 0.493. The Morgan fingerprint density at radius 3 is 2.35 bits per heavy atom. The van der Waals surface area contributed by atoms with Crippen LogP contribution >= 0.6 is 12.4 Å². The van der Waals surface area contributed by atoms with Gasteiger partial charge in [0.05, 0.1) is 6.61 Å². The lowest BCUT2D eigenvalue weighted by atomic mass is 9.90. The molecule has 0 saturated carbocycles. The third-order valence-corrected chi connectivity index (χ3v) is 3.49. The molecule has 0 aromatic rings. The fraction of sp³-hybridized carbons (Fsp3) is 0.917. The van der Waals surface area contributed by atoms with Gasteiger partial charge in [-0.3, -0.25) is 9.69 Å². The fourth-order valence-electron chi connectivity index (χ4n) is 2.24. The molecule has 2 atom stereocenters. The molecule has 102 valence electrons. The van der Waals surface area contributed by atoms with Crippen molar-refractivity contribution in [3.05, 3.63) is 0 Å². The Balaban J connectivity index is 0.00000256. The number of hydrogen-bond acceptors (Lipinski definition) is 4. The van der Waals surface area contributed by atoms with E-state index in [1.165, 1.54) is 0 Å². The zero-order valence-corrected chi connectivity index (χ0v) is 11.8. The Hall–Kier alpha value is -0.320. The molecule has 1 aliphatic heterocycles. The molecule has 5 heteroatoms. The molecule has 0 radical (unpaired) electrons. The minimum absolute atomic E-state index is 0. The Kier molecular flexibility index (Phi) is 7.75. The first-order valence-corrected chi connectivity index (χ1v) is 6.22. The Labute approximate surface area is 110 Å². The quantitative estimate of drug-likeness (QED) is 0.781. The van der Waals surface area contributed by atoms with Gasteiger partial charge in [-0.2, -0.15) is 0 Å². The van der Waals surface area contributed by atoms with E-state index in [2.05, 4.69) is 11.8 Å². The molecule has 0 aromatic heterocycles. The van der Waals surface area contributed by atoms with Gasteiger partial charge in [-0.25, -0.2) is 0 Å². The van der Waals surface area contributed by atoms with E-state index in [-0.39, 0.29) is 30.5 Å². The van der Waals surface area contributed by atoms with Crippen molar-refractivity contribution >= 4 is 18.4 Å². The number of piperidine rings is 1. The Morgan fingerprint density at radius 2 is 1.94 bits per heavy atom. The van der Waals surface area contributed by atoms with Crippen molar-refractivity contribution in [1.29, 1.82) is 0 Å². The highest BCUT2D eigenvalue weighted by molar-refractivity contribution is 5.85. The van der Waals surface area contributed by atoms with Gasteiger partial charge in [-0.05, 0) is 52.6 Å². The lowest BCUT2D eigenvalue weighted by Crippen LogP contribution is -2.46. The molecule has 0 spiro atoms. The number of rotatable bonds is 4. The maximum absolute atomic E-state index is 11.6. The number of nitrogens with zero attached hydrogens (tertiary/aromatic N) is 1. The molecule has 2 unspecified atom stereocenters. The molecule has 1 heterocycles. The summed E-state index contributed by atoms with van der Waals surface area (Å²) in [6.45, 7) is 8.18. The minimum Gasteiger partial charge on any atom is -0.465 e. The lowest BCUT2D eigenvalue weighted by Gasteiger charge is -2.36. The van der Waals surface area contributed by atoms with Crippen LogP contribution in [0.25, 0.3) is 0 Å². The van der Waals surface area contributed by atoms with E-state index in [4.69, 9.17) is 10.5 Å². The van der Waals surface area contributed by atoms with E-state index in [1.807, 2.05) is 13.8 Å². The van der Waals surface area contributed by atoms with Gasteiger partial charge in [0.2, 0.25) is 0 Å². The number of halogens is 1. The van der Waals surface area contributed by atoms with Gasteiger partial charge in [0.1, 0.15) is 6.04 Å². The normalized spacial score (nSPS) is 21.4. The molecule has 1 fully saturated rings. The van der Waals surface area contributed by atoms with Gasteiger partial charge in [0, 0.05) is 6.04 Å². The number of nitrogens with two attached hydrogens (primary N) is 1. The molecule has 4 nitrogen and oxygen atoms in total. The summed E-state index contributed by atoms with van der Waals surface area (Å²) >= 11 is 0. The summed E-state index contributed by atoms with van der Waals surface area (Å²) < 4.78 is 5.03. The van der Waals surface area contributed by atoms with Crippen molar-refractivity contribution in [3.8, 4) is 0 Å². The fourth-order valence-corrected chi connectivity index (χ4v) is 2.24. The van der Waals surface area contributed by atoms with Crippen LogP contribution in [0.3, 0.4) is 0 Å². The van der Waals surface area contributed by atoms with Crippen molar-refractivity contribution in [3.63, 3.8) is 0 Å². The van der Waals surface area contributed by atoms with Crippen LogP contribution in [0.1, 0.15) is 33.6 Å². The van der Waals surface area contributed by atoms with Crippen molar-refractivity contribution < 1.29 is 9.53 Å². The molecule has 1 rings (SSSR count). The van der Waals surface area contributed by atoms with Crippen molar-refractivity contribution in [2.45, 2.75) is 45.7 Å². The predicted molar refractivity (Wildman–Crippen MR) is 71.3 cm³/mol. The standard InChI is InChI=1S/C12H24N2O2.ClH/c1-4-16-12(15)10(3)14-7-5-11(6-8-14)9(2)13;/h9-11H,4-8,13H2,1-3H3;1H. The van der Waals surface area contributed by atoms with Crippen LogP contribution in [0.5, 0.6) is 0 Å². The number of hydrogen-bond donors (Lipinski definition) is 1. The van der Waals surface area contributed by atoms with Crippen LogP contribution in [0, 0.1) is 5.92 Å². The zero-order valence-electron chi connectivity index (χ0n) is 11.0. The van der Waals surface area contributed by atoms with Gasteiger partial charge in [-0.1, -0.05) is 0 Å². The maximum atomic E-state index is 11.6. The van der Waals surface area contributed by atoms with E-state index in [0.717, 1.165) is 25.9 Å². The third-order valence-electron chi connectivity index (χ3n) is 3.49. The van der Waals surface area contributed by atoms with Crippen LogP contribution in [0.4, 0.5) is 0 Å². The van der Waals surface area contributed by atoms with E-state index >= 15 is 0 Å². The molecular formula is C12H25ClN2O2. The molecule has 1 saturated heterocycles. The van der Waals surface area contributed by atoms with Crippen LogP contribution in [0.2, 0.25) is 0 Å². The Bertz CT molecular complexity index is 229. The summed E-state index contributed by atoms with van der Waals surface area (Å²) in [7, 11) is 0. The monoisotopic (exact) mass is 264 g/mol. The second-order valence-corrected chi connectivity index (χ2v) is 4.66. The minimum atomic E-state index is -0.117. The number of esters is 1. The Morgan fingerprint density at radius 1 is 1.41 bits per heavy atom. The van der Waals surface area contributed by atoms with Gasteiger partial charge in [-0.15, -0.1) is 12.4 Å². The second kappa shape index (κ2) is 7.90. The maximum Gasteiger partial charge on any atom is 0.323 e. The lowest BCUT2D eigenvalue weighted by molar-refractivity contribution is -0.149. The molecule has 0 amide bonds. The topological polar surface area (TPSA) is 55.6 Å². The van der Waals surface area contributed by atoms with E-state index in [9.17, 15) is 4.79 Å². The summed E-state index contributed by atoms with van der Waals surface area (Å²) in [6.07, 6.45) is 2.17. The predicted octanol–water partition coefficient (Wildman–Crippen LogP) is 1.42. The smallest absolute Gasteiger partial charge is 0.323 e. The van der Waals surface area contributed by atoms with Crippen LogP contribution in [-0.2, 0) is 9.53 Å². The average molecular weight is 265 g/mol. The summed E-state index contributed by atoms with van der Waals surface area (Å²) in [5, 5.41) is 0. The first-order chi connectivity index (χ1) is 7.56. The molecule has 17 heavy (non-hydrogen) atoms. The number of likely N-dealkylation sites (tertiary alicyclic amines) is 1. The van der Waals surface area contributed by atoms with Crippen LogP contribution in [-0.4, -0.2) is 42.6 Å².